The van der Waals surface area contributed by atoms with Crippen molar-refractivity contribution in [2.75, 3.05) is 0 Å². The van der Waals surface area contributed by atoms with Gasteiger partial charge in [-0.25, -0.2) is 0 Å². The van der Waals surface area contributed by atoms with Gasteiger partial charge in [0.05, 0.1) is 0 Å². The second kappa shape index (κ2) is 14.1. The largest absolute Gasteiger partial charge is 0.542 e. The van der Waals surface area contributed by atoms with Crippen molar-refractivity contribution >= 4 is 6.29 Å². The van der Waals surface area contributed by atoms with Gasteiger partial charge in [-0.3, -0.25) is 6.29 Å². The fourth-order valence-electron chi connectivity index (χ4n) is 1.02. The third kappa shape index (κ3) is 13.1. The molecule has 12 heavy (non-hydrogen) atoms. The molecule has 0 atom stereocenters. The molecule has 0 rings (SSSR count). The number of rotatable bonds is 8. The summed E-state index contributed by atoms with van der Waals surface area (Å²) in [5.41, 5.74) is 0. The molecular weight excluding hydrogens is 225 g/mol. The Kier molecular flexibility index (Phi) is 17.6. The van der Waals surface area contributed by atoms with E-state index in [4.69, 9.17) is 0 Å². The normalized spacial score (nSPS) is 8.67. The van der Waals surface area contributed by atoms with E-state index in [1.807, 2.05) is 12.4 Å². The summed E-state index contributed by atoms with van der Waals surface area (Å²) in [5, 5.41) is 0. The molecular formula is C10H17OY-. The van der Waals surface area contributed by atoms with Crippen LogP contribution in [-0.2, 0) is 37.5 Å². The molecule has 0 aromatic carbocycles. The van der Waals surface area contributed by atoms with E-state index in [1.165, 1.54) is 25.7 Å². The molecule has 0 unspecified atom stereocenters. The Balaban J connectivity index is 0. The van der Waals surface area contributed by atoms with Gasteiger partial charge >= 0.3 is 0 Å². The van der Waals surface area contributed by atoms with Crippen LogP contribution in [0.1, 0.15) is 44.9 Å². The molecule has 0 amide bonds. The summed E-state index contributed by atoms with van der Waals surface area (Å²) in [5.74, 6) is 0. The maximum absolute atomic E-state index is 9.80. The first-order valence-electron chi connectivity index (χ1n) is 4.37. The van der Waals surface area contributed by atoms with Crippen LogP contribution < -0.4 is 0 Å². The van der Waals surface area contributed by atoms with Crippen LogP contribution in [-0.4, -0.2) is 6.29 Å². The fraction of sp³-hybridized carbons (Fsp3) is 0.700. The maximum Gasteiger partial charge on any atom is 0 e. The van der Waals surface area contributed by atoms with Gasteiger partial charge in [0.2, 0.25) is 0 Å². The molecule has 0 spiro atoms. The standard InChI is InChI=1S/C10H17O.Y/c1-2-3-4-5-6-7-8-9-10-11;/h2H,1,3-9H2;/q-1;. The quantitative estimate of drug-likeness (QED) is 0.363. The van der Waals surface area contributed by atoms with Gasteiger partial charge in [0.1, 0.15) is 0 Å². The molecule has 0 saturated carbocycles. The zero-order valence-electron chi connectivity index (χ0n) is 7.72. The van der Waals surface area contributed by atoms with Gasteiger partial charge in [0, 0.05) is 32.7 Å². The third-order valence-electron chi connectivity index (χ3n) is 1.69. The van der Waals surface area contributed by atoms with Crippen molar-refractivity contribution in [3.05, 3.63) is 12.7 Å². The van der Waals surface area contributed by atoms with E-state index in [0.717, 1.165) is 12.8 Å². The van der Waals surface area contributed by atoms with Crippen LogP contribution in [0.4, 0.5) is 0 Å². The Morgan fingerprint density at radius 2 is 1.67 bits per heavy atom. The average molecular weight is 242 g/mol. The topological polar surface area (TPSA) is 17.1 Å². The van der Waals surface area contributed by atoms with Crippen molar-refractivity contribution in [3.8, 4) is 0 Å². The first kappa shape index (κ1) is 15.0. The zero-order valence-corrected chi connectivity index (χ0v) is 10.6. The molecule has 0 fully saturated rings. The monoisotopic (exact) mass is 242 g/mol. The Bertz CT molecular complexity index is 90.0. The van der Waals surface area contributed by atoms with Gasteiger partial charge in [-0.2, -0.15) is 6.42 Å². The SMILES string of the molecule is C=CCCCCCCC[C-]=O.[Y]. The Morgan fingerprint density at radius 1 is 1.08 bits per heavy atom. The summed E-state index contributed by atoms with van der Waals surface area (Å²) in [6.45, 7) is 3.66. The van der Waals surface area contributed by atoms with Crippen LogP contribution in [0, 0.1) is 0 Å². The van der Waals surface area contributed by atoms with E-state index in [9.17, 15) is 4.79 Å². The van der Waals surface area contributed by atoms with E-state index in [2.05, 4.69) is 6.58 Å². The van der Waals surface area contributed by atoms with Crippen molar-refractivity contribution in [3.63, 3.8) is 0 Å². The van der Waals surface area contributed by atoms with Gasteiger partial charge in [-0.1, -0.05) is 31.8 Å². The third-order valence-corrected chi connectivity index (χ3v) is 1.69. The molecule has 0 aromatic rings. The molecule has 67 valence electrons. The van der Waals surface area contributed by atoms with Crippen LogP contribution in [0.15, 0.2) is 12.7 Å². The fourth-order valence-corrected chi connectivity index (χ4v) is 1.02. The van der Waals surface area contributed by atoms with E-state index in [0.29, 0.717) is 6.42 Å². The first-order valence-corrected chi connectivity index (χ1v) is 4.37. The Morgan fingerprint density at radius 3 is 2.25 bits per heavy atom. The Labute approximate surface area is 101 Å². The van der Waals surface area contributed by atoms with Gasteiger partial charge in [-0.05, 0) is 12.8 Å². The van der Waals surface area contributed by atoms with Crippen molar-refractivity contribution < 1.29 is 37.5 Å². The summed E-state index contributed by atoms with van der Waals surface area (Å²) in [6.07, 6.45) is 11.5. The van der Waals surface area contributed by atoms with Crippen molar-refractivity contribution in [2.45, 2.75) is 44.9 Å². The van der Waals surface area contributed by atoms with Crippen molar-refractivity contribution in [1.82, 2.24) is 0 Å². The predicted octanol–water partition coefficient (Wildman–Crippen LogP) is 3.01. The molecule has 0 heterocycles. The zero-order chi connectivity index (χ0) is 8.36. The van der Waals surface area contributed by atoms with Crippen LogP contribution >= 0.6 is 0 Å². The number of hydrogen-bond donors (Lipinski definition) is 0. The summed E-state index contributed by atoms with van der Waals surface area (Å²) in [4.78, 5) is 9.80. The van der Waals surface area contributed by atoms with Crippen LogP contribution in [0.2, 0.25) is 0 Å². The van der Waals surface area contributed by atoms with Gasteiger partial charge in [-0.15, -0.1) is 6.58 Å². The second-order valence-corrected chi connectivity index (χ2v) is 2.74. The average Bonchev–Trinajstić information content (AvgIpc) is 2.03. The van der Waals surface area contributed by atoms with Crippen LogP contribution in [0.3, 0.4) is 0 Å². The molecule has 0 bridgehead atoms. The summed E-state index contributed by atoms with van der Waals surface area (Å²) in [7, 11) is 0. The smallest absolute Gasteiger partial charge is 0 e. The number of carbonyl (C=O) groups excluding carboxylic acids is 1. The summed E-state index contributed by atoms with van der Waals surface area (Å²) < 4.78 is 0. The summed E-state index contributed by atoms with van der Waals surface area (Å²) >= 11 is 0. The van der Waals surface area contributed by atoms with Gasteiger partial charge < -0.3 is 4.79 Å². The van der Waals surface area contributed by atoms with Crippen LogP contribution in [0.25, 0.3) is 0 Å². The maximum atomic E-state index is 9.80. The molecule has 1 nitrogen and oxygen atoms in total. The minimum Gasteiger partial charge on any atom is -0.542 e. The second-order valence-electron chi connectivity index (χ2n) is 2.74. The van der Waals surface area contributed by atoms with Gasteiger partial charge in [0.25, 0.3) is 0 Å². The molecule has 0 aliphatic carbocycles. The van der Waals surface area contributed by atoms with Crippen molar-refractivity contribution in [1.29, 1.82) is 0 Å². The number of unbranched alkanes of at least 4 members (excludes halogenated alkanes) is 6. The Hall–Kier alpha value is 0.514. The minimum atomic E-state index is 0. The molecule has 2 heteroatoms. The predicted molar refractivity (Wildman–Crippen MR) is 48.2 cm³/mol. The van der Waals surface area contributed by atoms with E-state index in [1.54, 1.807) is 0 Å². The van der Waals surface area contributed by atoms with E-state index in [-0.39, 0.29) is 32.7 Å². The van der Waals surface area contributed by atoms with Crippen LogP contribution in [0.5, 0.6) is 0 Å². The van der Waals surface area contributed by atoms with Gasteiger partial charge in [0.15, 0.2) is 0 Å². The number of allylic oxidation sites excluding steroid dienone is 1. The minimum absolute atomic E-state index is 0. The molecule has 0 aromatic heterocycles. The molecule has 0 N–H and O–H groups in total. The summed E-state index contributed by atoms with van der Waals surface area (Å²) in [6, 6.07) is 0. The molecule has 1 radical (unpaired) electrons. The van der Waals surface area contributed by atoms with E-state index < -0.39 is 0 Å². The molecule has 0 aliphatic rings. The van der Waals surface area contributed by atoms with E-state index >= 15 is 0 Å². The molecule has 0 aliphatic heterocycles. The van der Waals surface area contributed by atoms with Crippen molar-refractivity contribution in [2.24, 2.45) is 0 Å². The first-order chi connectivity index (χ1) is 5.41. The molecule has 0 saturated heterocycles. The number of hydrogen-bond acceptors (Lipinski definition) is 1.